The smallest absolute Gasteiger partial charge is 0.166 e. The molecule has 11 heavy (non-hydrogen) atoms. The fourth-order valence-corrected chi connectivity index (χ4v) is 0.988. The molecule has 1 aliphatic heterocycles. The highest BCUT2D eigenvalue weighted by atomic mass is 32.1. The zero-order valence-electron chi connectivity index (χ0n) is 6.20. The summed E-state index contributed by atoms with van der Waals surface area (Å²) in [7, 11) is 0. The molecule has 1 atom stereocenters. The standard InChI is InChI=1S/C6H11N3OS/c1-4-8-2-5(11)6(7,3-10)9-4/h2,10-11H,3,7H2,1H3,(H,8,9). The molecule has 0 radical (unpaired) electrons. The Kier molecular flexibility index (Phi) is 2.22. The van der Waals surface area contributed by atoms with Crippen molar-refractivity contribution in [3.63, 3.8) is 0 Å². The minimum Gasteiger partial charge on any atom is -0.392 e. The number of aliphatic hydroxyl groups excluding tert-OH is 1. The first-order valence-corrected chi connectivity index (χ1v) is 3.65. The molecule has 1 aliphatic rings. The Morgan fingerprint density at radius 1 is 1.91 bits per heavy atom. The highest BCUT2D eigenvalue weighted by molar-refractivity contribution is 7.84. The molecule has 0 saturated carbocycles. The summed E-state index contributed by atoms with van der Waals surface area (Å²) in [5.74, 6) is 0.680. The first-order valence-electron chi connectivity index (χ1n) is 3.21. The van der Waals surface area contributed by atoms with Crippen molar-refractivity contribution in [2.75, 3.05) is 6.61 Å². The summed E-state index contributed by atoms with van der Waals surface area (Å²) in [6.07, 6.45) is 1.63. The number of hydrogen-bond acceptors (Lipinski definition) is 5. The van der Waals surface area contributed by atoms with Gasteiger partial charge in [0.05, 0.1) is 12.4 Å². The van der Waals surface area contributed by atoms with Crippen molar-refractivity contribution in [2.24, 2.45) is 10.7 Å². The molecule has 0 fully saturated rings. The Morgan fingerprint density at radius 2 is 2.55 bits per heavy atom. The van der Waals surface area contributed by atoms with Gasteiger partial charge in [0.1, 0.15) is 0 Å². The topological polar surface area (TPSA) is 70.6 Å². The Labute approximate surface area is 70.6 Å². The first-order chi connectivity index (χ1) is 5.08. The average molecular weight is 173 g/mol. The van der Waals surface area contributed by atoms with Crippen LogP contribution in [0, 0.1) is 0 Å². The number of amidine groups is 1. The lowest BCUT2D eigenvalue weighted by Crippen LogP contribution is -2.46. The lowest BCUT2D eigenvalue weighted by atomic mass is 10.2. The van der Waals surface area contributed by atoms with E-state index >= 15 is 0 Å². The quantitative estimate of drug-likeness (QED) is 0.401. The molecular weight excluding hydrogens is 162 g/mol. The van der Waals surface area contributed by atoms with Crippen LogP contribution in [-0.2, 0) is 0 Å². The summed E-state index contributed by atoms with van der Waals surface area (Å²) in [4.78, 5) is 4.54. The Balaban J connectivity index is 2.92. The van der Waals surface area contributed by atoms with E-state index in [0.717, 1.165) is 0 Å². The molecule has 5 heteroatoms. The van der Waals surface area contributed by atoms with Gasteiger partial charge in [0, 0.05) is 11.1 Å². The van der Waals surface area contributed by atoms with Crippen molar-refractivity contribution in [3.8, 4) is 0 Å². The summed E-state index contributed by atoms with van der Waals surface area (Å²) in [5.41, 5.74) is 4.63. The molecule has 1 heterocycles. The molecule has 1 rings (SSSR count). The van der Waals surface area contributed by atoms with E-state index in [1.165, 1.54) is 0 Å². The first kappa shape index (κ1) is 8.58. The lowest BCUT2D eigenvalue weighted by molar-refractivity contribution is 0.229. The summed E-state index contributed by atoms with van der Waals surface area (Å²) in [5, 5.41) is 11.7. The van der Waals surface area contributed by atoms with Crippen LogP contribution >= 0.6 is 12.6 Å². The molecule has 0 aromatic heterocycles. The molecule has 4 nitrogen and oxygen atoms in total. The van der Waals surface area contributed by atoms with Crippen LogP contribution in [0.3, 0.4) is 0 Å². The third-order valence-corrected chi connectivity index (χ3v) is 1.99. The second-order valence-corrected chi connectivity index (χ2v) is 2.94. The van der Waals surface area contributed by atoms with Gasteiger partial charge in [-0.2, -0.15) is 0 Å². The zero-order valence-corrected chi connectivity index (χ0v) is 7.10. The van der Waals surface area contributed by atoms with Crippen molar-refractivity contribution in [2.45, 2.75) is 12.6 Å². The number of nitrogens with zero attached hydrogens (tertiary/aromatic N) is 1. The largest absolute Gasteiger partial charge is 0.392 e. The highest BCUT2D eigenvalue weighted by Gasteiger charge is 2.28. The van der Waals surface area contributed by atoms with E-state index in [0.29, 0.717) is 10.7 Å². The van der Waals surface area contributed by atoms with Crippen molar-refractivity contribution in [1.29, 1.82) is 0 Å². The van der Waals surface area contributed by atoms with Gasteiger partial charge in [0.15, 0.2) is 5.66 Å². The molecule has 0 aromatic carbocycles. The van der Waals surface area contributed by atoms with Gasteiger partial charge in [-0.25, -0.2) is 4.99 Å². The number of aliphatic imine (C=N–C) groups is 1. The molecule has 0 amide bonds. The van der Waals surface area contributed by atoms with Crippen LogP contribution in [0.4, 0.5) is 0 Å². The van der Waals surface area contributed by atoms with Gasteiger partial charge >= 0.3 is 0 Å². The zero-order chi connectivity index (χ0) is 8.48. The monoisotopic (exact) mass is 173 g/mol. The number of nitrogens with two attached hydrogens (primary N) is 1. The van der Waals surface area contributed by atoms with E-state index in [2.05, 4.69) is 22.9 Å². The highest BCUT2D eigenvalue weighted by Crippen LogP contribution is 2.20. The molecule has 0 aliphatic carbocycles. The van der Waals surface area contributed by atoms with Gasteiger partial charge in [0.25, 0.3) is 0 Å². The van der Waals surface area contributed by atoms with E-state index in [1.807, 2.05) is 0 Å². The van der Waals surface area contributed by atoms with E-state index in [9.17, 15) is 0 Å². The van der Waals surface area contributed by atoms with Gasteiger partial charge in [-0.15, -0.1) is 12.6 Å². The number of nitrogens with one attached hydrogen (secondary N) is 1. The van der Waals surface area contributed by atoms with Crippen molar-refractivity contribution < 1.29 is 5.11 Å². The van der Waals surface area contributed by atoms with Gasteiger partial charge in [0.2, 0.25) is 0 Å². The third kappa shape index (κ3) is 1.55. The van der Waals surface area contributed by atoms with Crippen LogP contribution in [0.25, 0.3) is 0 Å². The van der Waals surface area contributed by atoms with E-state index in [4.69, 9.17) is 10.8 Å². The minimum absolute atomic E-state index is 0.235. The number of thiol groups is 1. The summed E-state index contributed by atoms with van der Waals surface area (Å²) < 4.78 is 0. The predicted octanol–water partition coefficient (Wildman–Crippen LogP) is -0.574. The fourth-order valence-electron chi connectivity index (χ4n) is 0.803. The SMILES string of the molecule is CC1=NC(N)(CO)C(S)=CN1. The van der Waals surface area contributed by atoms with Crippen LogP contribution < -0.4 is 11.1 Å². The maximum atomic E-state index is 8.89. The van der Waals surface area contributed by atoms with Crippen LogP contribution in [0.2, 0.25) is 0 Å². The molecule has 0 saturated heterocycles. The van der Waals surface area contributed by atoms with Crippen molar-refractivity contribution in [1.82, 2.24) is 5.32 Å². The normalized spacial score (nSPS) is 30.5. The average Bonchev–Trinajstić information content (AvgIpc) is 1.98. The maximum absolute atomic E-state index is 8.89. The Morgan fingerprint density at radius 3 is 3.00 bits per heavy atom. The molecule has 62 valence electrons. The third-order valence-electron chi connectivity index (χ3n) is 1.47. The summed E-state index contributed by atoms with van der Waals surface area (Å²) in [6.45, 7) is 1.54. The number of aliphatic hydroxyl groups is 1. The summed E-state index contributed by atoms with van der Waals surface area (Å²) >= 11 is 4.07. The predicted molar refractivity (Wildman–Crippen MR) is 47.3 cm³/mol. The molecule has 0 aromatic rings. The molecule has 4 N–H and O–H groups in total. The molecule has 0 bridgehead atoms. The van der Waals surface area contributed by atoms with Crippen LogP contribution in [0.15, 0.2) is 16.1 Å². The van der Waals surface area contributed by atoms with Gasteiger partial charge < -0.3 is 16.2 Å². The molecule has 1 unspecified atom stereocenters. The van der Waals surface area contributed by atoms with Crippen molar-refractivity contribution >= 4 is 18.5 Å². The minimum atomic E-state index is -1.04. The van der Waals surface area contributed by atoms with Gasteiger partial charge in [-0.05, 0) is 6.92 Å². The molecule has 0 spiro atoms. The lowest BCUT2D eigenvalue weighted by Gasteiger charge is -2.27. The van der Waals surface area contributed by atoms with E-state index in [-0.39, 0.29) is 6.61 Å². The second kappa shape index (κ2) is 2.84. The van der Waals surface area contributed by atoms with Crippen LogP contribution in [0.5, 0.6) is 0 Å². The van der Waals surface area contributed by atoms with Gasteiger partial charge in [-0.3, -0.25) is 0 Å². The van der Waals surface area contributed by atoms with Crippen molar-refractivity contribution in [3.05, 3.63) is 11.1 Å². The molecular formula is C6H11N3OS. The maximum Gasteiger partial charge on any atom is 0.166 e. The fraction of sp³-hybridized carbons (Fsp3) is 0.500. The van der Waals surface area contributed by atoms with Crippen LogP contribution in [-0.4, -0.2) is 23.2 Å². The Hall–Kier alpha value is -0.520. The van der Waals surface area contributed by atoms with Crippen LogP contribution in [0.1, 0.15) is 6.92 Å². The number of rotatable bonds is 1. The Bertz CT molecular complexity index is 226. The second-order valence-electron chi connectivity index (χ2n) is 2.45. The summed E-state index contributed by atoms with van der Waals surface area (Å²) in [6, 6.07) is 0. The van der Waals surface area contributed by atoms with Gasteiger partial charge in [-0.1, -0.05) is 0 Å². The number of hydrogen-bond donors (Lipinski definition) is 4. The van der Waals surface area contributed by atoms with E-state index < -0.39 is 5.66 Å². The van der Waals surface area contributed by atoms with E-state index in [1.54, 1.807) is 13.1 Å².